The number of amides is 2. The highest BCUT2D eigenvalue weighted by Crippen LogP contribution is 2.25. The monoisotopic (exact) mass is 318 g/mol. The Hall–Kier alpha value is -2.27. The van der Waals surface area contributed by atoms with Gasteiger partial charge in [-0.25, -0.2) is 9.78 Å². The molecule has 22 heavy (non-hydrogen) atoms. The summed E-state index contributed by atoms with van der Waals surface area (Å²) in [6.45, 7) is 5.74. The van der Waals surface area contributed by atoms with Gasteiger partial charge in [-0.1, -0.05) is 17.7 Å². The number of carbonyl (C=O) groups is 1. The van der Waals surface area contributed by atoms with Crippen molar-refractivity contribution in [3.05, 3.63) is 47.1 Å². The fourth-order valence-electron chi connectivity index (χ4n) is 1.85. The second kappa shape index (κ2) is 7.13. The summed E-state index contributed by atoms with van der Waals surface area (Å²) in [4.78, 5) is 15.9. The lowest BCUT2D eigenvalue weighted by atomic mass is 10.2. The quantitative estimate of drug-likeness (QED) is 0.786. The molecule has 0 fully saturated rings. The number of nitrogens with one attached hydrogen (secondary N) is 3. The molecule has 0 aliphatic rings. The van der Waals surface area contributed by atoms with E-state index in [9.17, 15) is 4.79 Å². The van der Waals surface area contributed by atoms with Crippen LogP contribution < -0.4 is 16.0 Å². The summed E-state index contributed by atoms with van der Waals surface area (Å²) in [6.07, 6.45) is 1.60. The van der Waals surface area contributed by atoms with Crippen LogP contribution in [-0.2, 0) is 0 Å². The summed E-state index contributed by atoms with van der Waals surface area (Å²) in [6, 6.07) is 9.08. The molecule has 0 aliphatic heterocycles. The third-order valence-electron chi connectivity index (χ3n) is 2.97. The zero-order valence-corrected chi connectivity index (χ0v) is 13.5. The SMILES string of the molecule is Cc1c(Cl)cccc1Nc1ccc(NC(=O)NC(C)C)cn1. The molecule has 2 rings (SSSR count). The molecule has 0 saturated heterocycles. The normalized spacial score (nSPS) is 10.4. The first kappa shape index (κ1) is 16.1. The molecule has 0 radical (unpaired) electrons. The Morgan fingerprint density at radius 3 is 2.64 bits per heavy atom. The van der Waals surface area contributed by atoms with Crippen molar-refractivity contribution >= 4 is 34.8 Å². The molecule has 6 heteroatoms. The van der Waals surface area contributed by atoms with Gasteiger partial charge in [-0.05, 0) is 50.6 Å². The lowest BCUT2D eigenvalue weighted by Crippen LogP contribution is -2.34. The maximum Gasteiger partial charge on any atom is 0.319 e. The van der Waals surface area contributed by atoms with Gasteiger partial charge in [-0.2, -0.15) is 0 Å². The van der Waals surface area contributed by atoms with Crippen LogP contribution in [0.1, 0.15) is 19.4 Å². The van der Waals surface area contributed by atoms with Crippen LogP contribution in [0.2, 0.25) is 5.02 Å². The summed E-state index contributed by atoms with van der Waals surface area (Å²) in [5, 5.41) is 9.38. The second-order valence-electron chi connectivity index (χ2n) is 5.22. The van der Waals surface area contributed by atoms with Gasteiger partial charge in [0.1, 0.15) is 5.82 Å². The predicted octanol–water partition coefficient (Wildman–Crippen LogP) is 4.32. The summed E-state index contributed by atoms with van der Waals surface area (Å²) in [5.41, 5.74) is 2.49. The number of hydrogen-bond donors (Lipinski definition) is 3. The van der Waals surface area contributed by atoms with Crippen molar-refractivity contribution in [3.8, 4) is 0 Å². The second-order valence-corrected chi connectivity index (χ2v) is 5.63. The minimum Gasteiger partial charge on any atom is -0.340 e. The number of anilines is 3. The van der Waals surface area contributed by atoms with Crippen LogP contribution in [0.25, 0.3) is 0 Å². The number of carbonyl (C=O) groups excluding carboxylic acids is 1. The maximum absolute atomic E-state index is 11.6. The number of urea groups is 1. The van der Waals surface area contributed by atoms with E-state index in [0.717, 1.165) is 11.3 Å². The number of nitrogens with zero attached hydrogens (tertiary/aromatic N) is 1. The van der Waals surface area contributed by atoms with E-state index in [1.807, 2.05) is 39.0 Å². The van der Waals surface area contributed by atoms with Gasteiger partial charge in [0.05, 0.1) is 11.9 Å². The summed E-state index contributed by atoms with van der Waals surface area (Å²) < 4.78 is 0. The van der Waals surface area contributed by atoms with Crippen LogP contribution in [0.5, 0.6) is 0 Å². The van der Waals surface area contributed by atoms with Gasteiger partial charge in [0.15, 0.2) is 0 Å². The predicted molar refractivity (Wildman–Crippen MR) is 91.0 cm³/mol. The molecule has 0 spiro atoms. The molecule has 0 bridgehead atoms. The van der Waals surface area contributed by atoms with Crippen molar-refractivity contribution in [2.24, 2.45) is 0 Å². The van der Waals surface area contributed by atoms with Crippen LogP contribution in [0.3, 0.4) is 0 Å². The lowest BCUT2D eigenvalue weighted by Gasteiger charge is -2.12. The van der Waals surface area contributed by atoms with Crippen molar-refractivity contribution in [2.75, 3.05) is 10.6 Å². The Morgan fingerprint density at radius 2 is 2.00 bits per heavy atom. The van der Waals surface area contributed by atoms with Crippen LogP contribution in [0.15, 0.2) is 36.5 Å². The highest BCUT2D eigenvalue weighted by Gasteiger charge is 2.05. The number of rotatable bonds is 4. The molecule has 0 aliphatic carbocycles. The van der Waals surface area contributed by atoms with E-state index >= 15 is 0 Å². The molecular weight excluding hydrogens is 300 g/mol. The minimum atomic E-state index is -0.247. The molecule has 0 atom stereocenters. The third-order valence-corrected chi connectivity index (χ3v) is 3.38. The number of halogens is 1. The van der Waals surface area contributed by atoms with Gasteiger partial charge >= 0.3 is 6.03 Å². The van der Waals surface area contributed by atoms with Gasteiger partial charge in [0.2, 0.25) is 0 Å². The Labute approximate surface area is 135 Å². The van der Waals surface area contributed by atoms with Gasteiger partial charge < -0.3 is 16.0 Å². The molecule has 0 saturated carbocycles. The Morgan fingerprint density at radius 1 is 1.23 bits per heavy atom. The van der Waals surface area contributed by atoms with E-state index in [-0.39, 0.29) is 12.1 Å². The van der Waals surface area contributed by atoms with Gasteiger partial charge in [0.25, 0.3) is 0 Å². The van der Waals surface area contributed by atoms with Gasteiger partial charge in [0, 0.05) is 16.8 Å². The largest absolute Gasteiger partial charge is 0.340 e. The van der Waals surface area contributed by atoms with Crippen LogP contribution >= 0.6 is 11.6 Å². The van der Waals surface area contributed by atoms with E-state index in [2.05, 4.69) is 20.9 Å². The molecular formula is C16H19ClN4O. The summed E-state index contributed by atoms with van der Waals surface area (Å²) in [7, 11) is 0. The van der Waals surface area contributed by atoms with Crippen molar-refractivity contribution in [3.63, 3.8) is 0 Å². The van der Waals surface area contributed by atoms with E-state index in [1.165, 1.54) is 0 Å². The zero-order chi connectivity index (χ0) is 16.1. The Kier molecular flexibility index (Phi) is 5.22. The van der Waals surface area contributed by atoms with Gasteiger partial charge in [-0.15, -0.1) is 0 Å². The minimum absolute atomic E-state index is 0.0831. The average molecular weight is 319 g/mol. The Balaban J connectivity index is 2.03. The number of hydrogen-bond acceptors (Lipinski definition) is 3. The highest BCUT2D eigenvalue weighted by atomic mass is 35.5. The molecule has 1 aromatic heterocycles. The standard InChI is InChI=1S/C16H19ClN4O/c1-10(2)19-16(22)20-12-7-8-15(18-9-12)21-14-6-4-5-13(17)11(14)3/h4-10H,1-3H3,(H,18,21)(H2,19,20,22). The van der Waals surface area contributed by atoms with E-state index in [0.29, 0.717) is 16.5 Å². The van der Waals surface area contributed by atoms with E-state index in [1.54, 1.807) is 18.3 Å². The van der Waals surface area contributed by atoms with Crippen LogP contribution in [0, 0.1) is 6.92 Å². The lowest BCUT2D eigenvalue weighted by molar-refractivity contribution is 0.250. The Bertz CT molecular complexity index is 656. The summed E-state index contributed by atoms with van der Waals surface area (Å²) >= 11 is 6.09. The first-order chi connectivity index (χ1) is 10.5. The molecule has 5 nitrogen and oxygen atoms in total. The van der Waals surface area contributed by atoms with Crippen molar-refractivity contribution in [1.29, 1.82) is 0 Å². The molecule has 1 heterocycles. The number of benzene rings is 1. The first-order valence-corrected chi connectivity index (χ1v) is 7.39. The third kappa shape index (κ3) is 4.36. The molecule has 3 N–H and O–H groups in total. The molecule has 0 unspecified atom stereocenters. The van der Waals surface area contributed by atoms with Gasteiger partial charge in [-0.3, -0.25) is 0 Å². The fraction of sp³-hybridized carbons (Fsp3) is 0.250. The smallest absolute Gasteiger partial charge is 0.319 e. The number of pyridine rings is 1. The molecule has 116 valence electrons. The fourth-order valence-corrected chi connectivity index (χ4v) is 2.03. The van der Waals surface area contributed by atoms with Crippen molar-refractivity contribution < 1.29 is 4.79 Å². The topological polar surface area (TPSA) is 66.0 Å². The van der Waals surface area contributed by atoms with E-state index in [4.69, 9.17) is 11.6 Å². The van der Waals surface area contributed by atoms with Crippen molar-refractivity contribution in [2.45, 2.75) is 26.8 Å². The first-order valence-electron chi connectivity index (χ1n) is 7.01. The highest BCUT2D eigenvalue weighted by molar-refractivity contribution is 6.31. The number of aromatic nitrogens is 1. The molecule has 1 aromatic carbocycles. The van der Waals surface area contributed by atoms with E-state index < -0.39 is 0 Å². The van der Waals surface area contributed by atoms with Crippen LogP contribution in [-0.4, -0.2) is 17.1 Å². The van der Waals surface area contributed by atoms with Crippen LogP contribution in [0.4, 0.5) is 22.0 Å². The maximum atomic E-state index is 11.6. The summed E-state index contributed by atoms with van der Waals surface area (Å²) in [5.74, 6) is 0.681. The molecule has 2 amide bonds. The van der Waals surface area contributed by atoms with Crippen molar-refractivity contribution in [1.82, 2.24) is 10.3 Å². The molecule has 2 aromatic rings. The zero-order valence-electron chi connectivity index (χ0n) is 12.8. The average Bonchev–Trinajstić information content (AvgIpc) is 2.45.